The average molecular weight is 603 g/mol. The van der Waals surface area contributed by atoms with Crippen LogP contribution in [0.25, 0.3) is 10.9 Å². The normalized spacial score (nSPS) is 37.7. The van der Waals surface area contributed by atoms with Crippen LogP contribution in [0.15, 0.2) is 12.4 Å². The highest BCUT2D eigenvalue weighted by Crippen LogP contribution is 2.81. The van der Waals surface area contributed by atoms with Crippen molar-refractivity contribution >= 4 is 16.9 Å². The molecule has 1 unspecified atom stereocenters. The molecule has 2 aromatic heterocycles. The molecule has 0 radical (unpaired) electrons. The molecule has 4 aliphatic carbocycles. The van der Waals surface area contributed by atoms with Crippen LogP contribution in [0.4, 0.5) is 19.1 Å². The highest BCUT2D eigenvalue weighted by molar-refractivity contribution is 5.86. The molecule has 7 rings (SSSR count). The van der Waals surface area contributed by atoms with Gasteiger partial charge in [0, 0.05) is 37.2 Å². The van der Waals surface area contributed by atoms with E-state index in [1.807, 2.05) is 6.20 Å². The number of fused-ring (bicyclic) bond motifs is 4. The van der Waals surface area contributed by atoms with Crippen LogP contribution >= 0.6 is 0 Å². The molecule has 0 aromatic carbocycles. The summed E-state index contributed by atoms with van der Waals surface area (Å²) >= 11 is 0. The van der Waals surface area contributed by atoms with E-state index in [4.69, 9.17) is 19.4 Å². The summed E-state index contributed by atoms with van der Waals surface area (Å²) in [5.74, 6) is 2.93. The Kier molecular flexibility index (Phi) is 7.55. The lowest BCUT2D eigenvalue weighted by Crippen LogP contribution is -2.25. The number of pyridine rings is 1. The van der Waals surface area contributed by atoms with Crippen LogP contribution in [-0.4, -0.2) is 57.7 Å². The molecule has 2 aromatic rings. The lowest BCUT2D eigenvalue weighted by molar-refractivity contribution is -0.136. The van der Waals surface area contributed by atoms with Gasteiger partial charge in [-0.15, -0.1) is 0 Å². The van der Waals surface area contributed by atoms with Gasteiger partial charge in [-0.05, 0) is 112 Å². The number of alkyl halides is 3. The first kappa shape index (κ1) is 29.5. The Hall–Kier alpha value is -2.20. The average Bonchev–Trinajstić information content (AvgIpc) is 3.74. The van der Waals surface area contributed by atoms with Crippen molar-refractivity contribution in [3.63, 3.8) is 0 Å². The van der Waals surface area contributed by atoms with Crippen molar-refractivity contribution in [3.05, 3.63) is 18.0 Å². The SMILES string of the molecule is C[C@@H](CC(F)(F)F)Nc1ncc2c(O[C@H]3C[C@@H]4CC4(C)[C@]4(CC[C@H]5CCOC5)C[C@@H]4C3)ncc(C3CCC(O)CC3)c2n1. The summed E-state index contributed by atoms with van der Waals surface area (Å²) in [5, 5.41) is 13.6. The zero-order chi connectivity index (χ0) is 30.0. The molecule has 7 nitrogen and oxygen atoms in total. The molecule has 0 spiro atoms. The summed E-state index contributed by atoms with van der Waals surface area (Å²) in [7, 11) is 0. The molecule has 3 heterocycles. The van der Waals surface area contributed by atoms with E-state index in [-0.39, 0.29) is 24.1 Å². The summed E-state index contributed by atoms with van der Waals surface area (Å²) < 4.78 is 51.4. The fourth-order valence-corrected chi connectivity index (χ4v) is 9.13. The largest absolute Gasteiger partial charge is 0.474 e. The Morgan fingerprint density at radius 1 is 1.09 bits per heavy atom. The van der Waals surface area contributed by atoms with E-state index in [0.29, 0.717) is 58.2 Å². The molecule has 7 atom stereocenters. The third kappa shape index (κ3) is 5.83. The fourth-order valence-electron chi connectivity index (χ4n) is 9.13. The summed E-state index contributed by atoms with van der Waals surface area (Å²) in [6.07, 6.45) is 9.50. The minimum atomic E-state index is -4.28. The standard InChI is InChI=1S/C33H45F3N4O3/c1-19(13-33(34,35)36)39-30-38-17-27-28(40-30)26(21-3-5-24(41)6-4-21)16-37-29(27)43-25-11-22-14-31(22,2)32(15-23(32)12-25)9-7-20-8-10-42-18-20/h16-17,19-25,41H,3-15,18H2,1-2H3,(H,38,39,40)/t19-,20-,21?,22+,23-,24?,25-,31?,32+/m0/s1. The molecule has 2 N–H and O–H groups in total. The minimum absolute atomic E-state index is 0.0759. The van der Waals surface area contributed by atoms with Gasteiger partial charge in [0.15, 0.2) is 0 Å². The van der Waals surface area contributed by atoms with Gasteiger partial charge >= 0.3 is 6.18 Å². The second-order valence-electron chi connectivity index (χ2n) is 14.7. The van der Waals surface area contributed by atoms with E-state index < -0.39 is 18.6 Å². The maximum Gasteiger partial charge on any atom is 0.391 e. The molecule has 0 bridgehead atoms. The molecule has 5 aliphatic rings. The number of hydrogen-bond acceptors (Lipinski definition) is 7. The Balaban J connectivity index is 1.12. The van der Waals surface area contributed by atoms with Crippen LogP contribution in [0, 0.1) is 28.6 Å². The molecule has 0 amide bonds. The highest BCUT2D eigenvalue weighted by Gasteiger charge is 2.74. The molecule has 10 heteroatoms. The zero-order valence-corrected chi connectivity index (χ0v) is 25.3. The molecule has 4 saturated carbocycles. The number of hydrogen-bond donors (Lipinski definition) is 2. The van der Waals surface area contributed by atoms with E-state index in [9.17, 15) is 18.3 Å². The number of rotatable bonds is 9. The summed E-state index contributed by atoms with van der Waals surface area (Å²) in [5.41, 5.74) is 2.50. The van der Waals surface area contributed by atoms with Gasteiger partial charge in [0.05, 0.1) is 23.4 Å². The minimum Gasteiger partial charge on any atom is -0.474 e. The molecule has 1 saturated heterocycles. The Morgan fingerprint density at radius 3 is 2.63 bits per heavy atom. The smallest absolute Gasteiger partial charge is 0.391 e. The predicted molar refractivity (Wildman–Crippen MR) is 157 cm³/mol. The van der Waals surface area contributed by atoms with Crippen molar-refractivity contribution in [3.8, 4) is 5.88 Å². The van der Waals surface area contributed by atoms with E-state index >= 15 is 0 Å². The second-order valence-corrected chi connectivity index (χ2v) is 14.7. The number of halogens is 3. The lowest BCUT2D eigenvalue weighted by Gasteiger charge is -2.27. The van der Waals surface area contributed by atoms with Crippen molar-refractivity contribution in [1.29, 1.82) is 0 Å². The van der Waals surface area contributed by atoms with Gasteiger partial charge in [0.25, 0.3) is 0 Å². The molecule has 43 heavy (non-hydrogen) atoms. The van der Waals surface area contributed by atoms with Crippen LogP contribution in [0.3, 0.4) is 0 Å². The molecule has 5 fully saturated rings. The molecular weight excluding hydrogens is 557 g/mol. The monoisotopic (exact) mass is 602 g/mol. The summed E-state index contributed by atoms with van der Waals surface area (Å²) in [4.78, 5) is 14.0. The number of nitrogens with one attached hydrogen (secondary N) is 1. The number of ether oxygens (including phenoxy) is 2. The maximum atomic E-state index is 13.0. The van der Waals surface area contributed by atoms with Crippen LogP contribution in [0.1, 0.15) is 102 Å². The zero-order valence-electron chi connectivity index (χ0n) is 25.3. The van der Waals surface area contributed by atoms with Gasteiger partial charge in [-0.25, -0.2) is 15.0 Å². The summed E-state index contributed by atoms with van der Waals surface area (Å²) in [6.45, 7) is 5.83. The summed E-state index contributed by atoms with van der Waals surface area (Å²) in [6, 6.07) is -0.859. The van der Waals surface area contributed by atoms with Gasteiger partial charge in [-0.2, -0.15) is 13.2 Å². The van der Waals surface area contributed by atoms with Gasteiger partial charge in [-0.1, -0.05) is 6.92 Å². The van der Waals surface area contributed by atoms with Gasteiger partial charge in [-0.3, -0.25) is 0 Å². The first-order valence-corrected chi connectivity index (χ1v) is 16.4. The van der Waals surface area contributed by atoms with Crippen molar-refractivity contribution in [2.24, 2.45) is 28.6 Å². The number of nitrogens with zero attached hydrogens (tertiary/aromatic N) is 3. The van der Waals surface area contributed by atoms with Crippen LogP contribution in [0.2, 0.25) is 0 Å². The van der Waals surface area contributed by atoms with Crippen molar-refractivity contribution in [2.45, 2.75) is 121 Å². The van der Waals surface area contributed by atoms with E-state index in [0.717, 1.165) is 44.5 Å². The molecule has 236 valence electrons. The predicted octanol–water partition coefficient (Wildman–Crippen LogP) is 7.19. The maximum absolute atomic E-state index is 13.0. The van der Waals surface area contributed by atoms with Crippen LogP contribution in [0.5, 0.6) is 5.88 Å². The Labute approximate surface area is 251 Å². The number of aliphatic hydroxyl groups is 1. The number of anilines is 1. The number of aromatic nitrogens is 3. The van der Waals surface area contributed by atoms with Crippen LogP contribution < -0.4 is 10.1 Å². The quantitative estimate of drug-likeness (QED) is 0.314. The first-order chi connectivity index (χ1) is 20.5. The first-order valence-electron chi connectivity index (χ1n) is 16.4. The van der Waals surface area contributed by atoms with Crippen molar-refractivity contribution in [1.82, 2.24) is 15.0 Å². The second kappa shape index (κ2) is 11.0. The Morgan fingerprint density at radius 2 is 1.88 bits per heavy atom. The molecule has 1 aliphatic heterocycles. The Bertz CT molecular complexity index is 1330. The van der Waals surface area contributed by atoms with E-state index in [2.05, 4.69) is 17.2 Å². The van der Waals surface area contributed by atoms with Crippen molar-refractivity contribution < 1.29 is 27.8 Å². The van der Waals surface area contributed by atoms with Gasteiger partial charge in [0.2, 0.25) is 11.8 Å². The number of aliphatic hydroxyl groups excluding tert-OH is 1. The fraction of sp³-hybridized carbons (Fsp3) is 0.788. The van der Waals surface area contributed by atoms with Gasteiger partial charge in [0.1, 0.15) is 6.10 Å². The van der Waals surface area contributed by atoms with Crippen LogP contribution in [-0.2, 0) is 4.74 Å². The third-order valence-electron chi connectivity index (χ3n) is 11.8. The highest BCUT2D eigenvalue weighted by atomic mass is 19.4. The van der Waals surface area contributed by atoms with E-state index in [1.165, 1.54) is 39.0 Å². The van der Waals surface area contributed by atoms with Gasteiger partial charge < -0.3 is 19.9 Å². The topological polar surface area (TPSA) is 89.4 Å². The van der Waals surface area contributed by atoms with Crippen molar-refractivity contribution in [2.75, 3.05) is 18.5 Å². The third-order valence-corrected chi connectivity index (χ3v) is 11.8. The molecular formula is C33H45F3N4O3. The van der Waals surface area contributed by atoms with E-state index in [1.54, 1.807) is 6.20 Å². The lowest BCUT2D eigenvalue weighted by atomic mass is 9.78.